The lowest BCUT2D eigenvalue weighted by molar-refractivity contribution is -0.140. The molecule has 1 aromatic carbocycles. The summed E-state index contributed by atoms with van der Waals surface area (Å²) < 4.78 is 43.0. The number of esters is 1. The number of nitrogens with zero attached hydrogens (tertiary/aromatic N) is 2. The summed E-state index contributed by atoms with van der Waals surface area (Å²) in [5.74, 6) is 0.780. The van der Waals surface area contributed by atoms with Gasteiger partial charge in [-0.15, -0.1) is 0 Å². The van der Waals surface area contributed by atoms with E-state index in [0.717, 1.165) is 0 Å². The molecule has 0 atom stereocenters. The molecule has 10 heteroatoms. The van der Waals surface area contributed by atoms with E-state index < -0.39 is 10.0 Å². The third kappa shape index (κ3) is 8.98. The predicted octanol–water partition coefficient (Wildman–Crippen LogP) is 1.51. The summed E-state index contributed by atoms with van der Waals surface area (Å²) in [5.41, 5.74) is 0. The van der Waals surface area contributed by atoms with E-state index in [9.17, 15) is 13.2 Å². The Morgan fingerprint density at radius 2 is 2.10 bits per heavy atom. The Morgan fingerprint density at radius 1 is 1.30 bits per heavy atom. The van der Waals surface area contributed by atoms with Crippen molar-refractivity contribution in [1.82, 2.24) is 9.62 Å². The molecule has 0 saturated heterocycles. The van der Waals surface area contributed by atoms with Crippen molar-refractivity contribution in [3.63, 3.8) is 0 Å². The molecule has 1 N–H and O–H groups in total. The second-order valence-electron chi connectivity index (χ2n) is 7.01. The molecule has 0 aliphatic heterocycles. The van der Waals surface area contributed by atoms with Gasteiger partial charge in [-0.05, 0) is 37.3 Å². The van der Waals surface area contributed by atoms with Crippen LogP contribution in [0.25, 0.3) is 0 Å². The number of rotatable bonds is 15. The van der Waals surface area contributed by atoms with Crippen molar-refractivity contribution in [3.05, 3.63) is 24.3 Å². The first-order valence-corrected chi connectivity index (χ1v) is 11.4. The Morgan fingerprint density at radius 3 is 2.80 bits per heavy atom. The summed E-state index contributed by atoms with van der Waals surface area (Å²) in [4.78, 5) is 12.7. The third-order valence-electron chi connectivity index (χ3n) is 4.52. The lowest BCUT2D eigenvalue weighted by atomic mass is 10.3. The van der Waals surface area contributed by atoms with Gasteiger partial charge in [0.15, 0.2) is 6.19 Å². The molecule has 1 aromatic rings. The highest BCUT2D eigenvalue weighted by Gasteiger charge is 2.22. The van der Waals surface area contributed by atoms with Gasteiger partial charge in [0.05, 0.1) is 38.2 Å². The van der Waals surface area contributed by atoms with E-state index in [-0.39, 0.29) is 30.4 Å². The first kappa shape index (κ1) is 23.9. The zero-order valence-corrected chi connectivity index (χ0v) is 18.0. The summed E-state index contributed by atoms with van der Waals surface area (Å²) >= 11 is 0. The Bertz CT molecular complexity index is 820. The number of hydrogen-bond acceptors (Lipinski definition) is 8. The highest BCUT2D eigenvalue weighted by molar-refractivity contribution is 7.89. The molecule has 0 heterocycles. The Labute approximate surface area is 177 Å². The standard InChI is InChI=1S/C20H29N3O6S/c1-27-20(24)8-10-23(16-21)11-13-28-12-3-9-22-30(25,26)19-5-2-4-18(14-19)29-15-17-6-7-17/h2,4-5,14,17,22H,3,6-13,15H2,1H3. The smallest absolute Gasteiger partial charge is 0.307 e. The number of ether oxygens (including phenoxy) is 3. The van der Waals surface area contributed by atoms with Crippen molar-refractivity contribution in [3.8, 4) is 11.9 Å². The molecule has 1 saturated carbocycles. The van der Waals surface area contributed by atoms with Crippen molar-refractivity contribution >= 4 is 16.0 Å². The molecule has 0 radical (unpaired) electrons. The summed E-state index contributed by atoms with van der Waals surface area (Å²) in [7, 11) is -2.31. The first-order chi connectivity index (χ1) is 14.4. The molecule has 0 bridgehead atoms. The molecule has 1 aliphatic carbocycles. The van der Waals surface area contributed by atoms with Gasteiger partial charge in [0.1, 0.15) is 5.75 Å². The molecule has 0 spiro atoms. The third-order valence-corrected chi connectivity index (χ3v) is 5.98. The number of hydrogen-bond donors (Lipinski definition) is 1. The Hall–Kier alpha value is -2.35. The number of nitrogens with one attached hydrogen (secondary N) is 1. The van der Waals surface area contributed by atoms with E-state index in [1.165, 1.54) is 37.0 Å². The zero-order valence-electron chi connectivity index (χ0n) is 17.2. The second kappa shape index (κ2) is 12.4. The number of benzene rings is 1. The van der Waals surface area contributed by atoms with Crippen molar-refractivity contribution in [2.24, 2.45) is 5.92 Å². The van der Waals surface area contributed by atoms with E-state index in [4.69, 9.17) is 14.7 Å². The molecular weight excluding hydrogens is 410 g/mol. The van der Waals surface area contributed by atoms with Gasteiger partial charge < -0.3 is 19.1 Å². The number of carbonyl (C=O) groups is 1. The van der Waals surface area contributed by atoms with E-state index in [1.807, 2.05) is 6.19 Å². The van der Waals surface area contributed by atoms with Gasteiger partial charge in [0.25, 0.3) is 0 Å². The molecule has 1 aliphatic rings. The maximum absolute atomic E-state index is 12.4. The topological polar surface area (TPSA) is 118 Å². The molecule has 30 heavy (non-hydrogen) atoms. The van der Waals surface area contributed by atoms with Gasteiger partial charge in [0, 0.05) is 25.8 Å². The zero-order chi connectivity index (χ0) is 21.8. The predicted molar refractivity (Wildman–Crippen MR) is 109 cm³/mol. The lowest BCUT2D eigenvalue weighted by Gasteiger charge is -2.14. The maximum atomic E-state index is 12.4. The average Bonchev–Trinajstić information content (AvgIpc) is 3.58. The van der Waals surface area contributed by atoms with Crippen LogP contribution in [0.4, 0.5) is 0 Å². The van der Waals surface area contributed by atoms with Gasteiger partial charge in [-0.1, -0.05) is 6.07 Å². The molecular formula is C20H29N3O6S. The quantitative estimate of drug-likeness (QED) is 0.189. The van der Waals surface area contributed by atoms with Gasteiger partial charge in [-0.3, -0.25) is 4.79 Å². The number of methoxy groups -OCH3 is 1. The van der Waals surface area contributed by atoms with Crippen molar-refractivity contribution in [2.45, 2.75) is 30.6 Å². The molecule has 2 rings (SSSR count). The monoisotopic (exact) mass is 439 g/mol. The Balaban J connectivity index is 1.62. The maximum Gasteiger partial charge on any atom is 0.307 e. The van der Waals surface area contributed by atoms with Crippen LogP contribution in [0, 0.1) is 17.4 Å². The first-order valence-electron chi connectivity index (χ1n) is 9.96. The van der Waals surface area contributed by atoms with Crippen LogP contribution in [0.3, 0.4) is 0 Å². The van der Waals surface area contributed by atoms with Gasteiger partial charge in [-0.25, -0.2) is 13.1 Å². The minimum Gasteiger partial charge on any atom is -0.493 e. The van der Waals surface area contributed by atoms with Crippen LogP contribution in [0.15, 0.2) is 29.2 Å². The van der Waals surface area contributed by atoms with E-state index in [0.29, 0.717) is 44.5 Å². The summed E-state index contributed by atoms with van der Waals surface area (Å²) in [6.07, 6.45) is 4.96. The van der Waals surface area contributed by atoms with E-state index in [2.05, 4.69) is 9.46 Å². The molecule has 1 fully saturated rings. The van der Waals surface area contributed by atoms with Crippen LogP contribution in [-0.2, 0) is 24.3 Å². The minimum atomic E-state index is -3.61. The lowest BCUT2D eigenvalue weighted by Crippen LogP contribution is -2.27. The second-order valence-corrected chi connectivity index (χ2v) is 8.77. The summed E-state index contributed by atoms with van der Waals surface area (Å²) in [6.45, 7) is 2.15. The largest absolute Gasteiger partial charge is 0.493 e. The molecule has 0 aromatic heterocycles. The fourth-order valence-electron chi connectivity index (χ4n) is 2.51. The molecule has 9 nitrogen and oxygen atoms in total. The van der Waals surface area contributed by atoms with E-state index >= 15 is 0 Å². The van der Waals surface area contributed by atoms with Crippen LogP contribution in [-0.4, -0.2) is 65.9 Å². The summed E-state index contributed by atoms with van der Waals surface area (Å²) in [6, 6.07) is 6.49. The number of sulfonamides is 1. The fourth-order valence-corrected chi connectivity index (χ4v) is 3.62. The average molecular weight is 440 g/mol. The van der Waals surface area contributed by atoms with Crippen LogP contribution in [0.5, 0.6) is 5.75 Å². The van der Waals surface area contributed by atoms with Gasteiger partial charge >= 0.3 is 5.97 Å². The van der Waals surface area contributed by atoms with Crippen LogP contribution in [0.1, 0.15) is 25.7 Å². The molecule has 166 valence electrons. The normalized spacial score (nSPS) is 13.5. The van der Waals surface area contributed by atoms with E-state index in [1.54, 1.807) is 12.1 Å². The Kier molecular flexibility index (Phi) is 9.86. The van der Waals surface area contributed by atoms with Crippen molar-refractivity contribution in [2.75, 3.05) is 46.6 Å². The summed E-state index contributed by atoms with van der Waals surface area (Å²) in [5, 5.41) is 9.02. The minimum absolute atomic E-state index is 0.138. The highest BCUT2D eigenvalue weighted by Crippen LogP contribution is 2.29. The van der Waals surface area contributed by atoms with Crippen LogP contribution in [0.2, 0.25) is 0 Å². The van der Waals surface area contributed by atoms with Gasteiger partial charge in [-0.2, -0.15) is 5.26 Å². The van der Waals surface area contributed by atoms with Gasteiger partial charge in [0.2, 0.25) is 10.0 Å². The SMILES string of the molecule is COC(=O)CCN(C#N)CCOCCCNS(=O)(=O)c1cccc(OCC2CC2)c1. The molecule has 0 amide bonds. The van der Waals surface area contributed by atoms with Crippen molar-refractivity contribution in [1.29, 1.82) is 5.26 Å². The number of carbonyl (C=O) groups excluding carboxylic acids is 1. The number of nitriles is 1. The fraction of sp³-hybridized carbons (Fsp3) is 0.600. The van der Waals surface area contributed by atoms with Crippen molar-refractivity contribution < 1.29 is 27.4 Å². The van der Waals surface area contributed by atoms with Crippen LogP contribution < -0.4 is 9.46 Å². The molecule has 0 unspecified atom stereocenters. The highest BCUT2D eigenvalue weighted by atomic mass is 32.2. The van der Waals surface area contributed by atoms with Crippen LogP contribution >= 0.6 is 0 Å².